The van der Waals surface area contributed by atoms with Crippen molar-refractivity contribution in [2.75, 3.05) is 27.2 Å². The van der Waals surface area contributed by atoms with Crippen LogP contribution >= 0.6 is 24.0 Å². The minimum atomic E-state index is 0. The number of aliphatic imine (C=N–C) groups is 1. The lowest BCUT2D eigenvalue weighted by Gasteiger charge is -2.20. The lowest BCUT2D eigenvalue weighted by molar-refractivity contribution is -0.127. The Hall–Kier alpha value is -0.530. The van der Waals surface area contributed by atoms with Gasteiger partial charge in [-0.25, -0.2) is 4.99 Å². The van der Waals surface area contributed by atoms with Gasteiger partial charge >= 0.3 is 0 Å². The molecule has 0 rings (SSSR count). The van der Waals surface area contributed by atoms with E-state index in [0.29, 0.717) is 12.0 Å². The lowest BCUT2D eigenvalue weighted by atomic mass is 9.99. The zero-order chi connectivity index (χ0) is 16.3. The monoisotopic (exact) mass is 426 g/mol. The first-order valence-electron chi connectivity index (χ1n) is 8.15. The molecule has 0 heterocycles. The van der Waals surface area contributed by atoms with Crippen LogP contribution in [0.5, 0.6) is 0 Å². The normalized spacial score (nSPS) is 12.6. The van der Waals surface area contributed by atoms with Crippen LogP contribution in [0.15, 0.2) is 4.99 Å². The molecule has 0 aromatic carbocycles. The molecule has 0 radical (unpaired) electrons. The van der Waals surface area contributed by atoms with E-state index in [9.17, 15) is 4.79 Å². The molecule has 0 aliphatic rings. The molecule has 22 heavy (non-hydrogen) atoms. The molecule has 0 fully saturated rings. The molecule has 1 amide bonds. The average molecular weight is 426 g/mol. The van der Waals surface area contributed by atoms with Gasteiger partial charge in [-0.3, -0.25) is 4.79 Å². The molecule has 0 saturated heterocycles. The zero-order valence-corrected chi connectivity index (χ0v) is 17.4. The van der Waals surface area contributed by atoms with E-state index in [1.807, 2.05) is 0 Å². The average Bonchev–Trinajstić information content (AvgIpc) is 2.43. The molecule has 6 heteroatoms. The molecule has 0 aliphatic carbocycles. The summed E-state index contributed by atoms with van der Waals surface area (Å²) in [6, 6.07) is 0.293. The number of guanidine groups is 1. The number of unbranched alkanes of at least 4 members (excludes halogenated alkanes) is 1. The molecule has 0 saturated carbocycles. The van der Waals surface area contributed by atoms with Gasteiger partial charge in [0.15, 0.2) is 5.96 Å². The number of nitrogens with zero attached hydrogens (tertiary/aromatic N) is 2. The quantitative estimate of drug-likeness (QED) is 0.339. The predicted octanol–water partition coefficient (Wildman–Crippen LogP) is 2.85. The highest BCUT2D eigenvalue weighted by Crippen LogP contribution is 2.11. The van der Waals surface area contributed by atoms with Gasteiger partial charge in [0.2, 0.25) is 5.91 Å². The van der Waals surface area contributed by atoms with Gasteiger partial charge in [0.1, 0.15) is 6.54 Å². The summed E-state index contributed by atoms with van der Waals surface area (Å²) in [6.07, 6.45) is 4.91. The Balaban J connectivity index is 0. The van der Waals surface area contributed by atoms with Gasteiger partial charge < -0.3 is 15.5 Å². The summed E-state index contributed by atoms with van der Waals surface area (Å²) in [5, 5.41) is 6.65. The number of rotatable bonds is 9. The van der Waals surface area contributed by atoms with Crippen LogP contribution in [0.2, 0.25) is 0 Å². The van der Waals surface area contributed by atoms with Crippen molar-refractivity contribution >= 4 is 35.8 Å². The van der Waals surface area contributed by atoms with E-state index < -0.39 is 0 Å². The van der Waals surface area contributed by atoms with Crippen molar-refractivity contribution in [2.45, 2.75) is 59.4 Å². The number of carbonyl (C=O) groups is 1. The molecule has 132 valence electrons. The lowest BCUT2D eigenvalue weighted by Crippen LogP contribution is -2.43. The first-order valence-corrected chi connectivity index (χ1v) is 8.15. The summed E-state index contributed by atoms with van der Waals surface area (Å²) in [6.45, 7) is 9.68. The van der Waals surface area contributed by atoms with Gasteiger partial charge in [-0.1, -0.05) is 33.1 Å². The maximum absolute atomic E-state index is 11.6. The van der Waals surface area contributed by atoms with Crippen molar-refractivity contribution in [3.8, 4) is 0 Å². The summed E-state index contributed by atoms with van der Waals surface area (Å²) in [7, 11) is 3.50. The van der Waals surface area contributed by atoms with Crippen molar-refractivity contribution in [3.63, 3.8) is 0 Å². The van der Waals surface area contributed by atoms with Crippen molar-refractivity contribution in [2.24, 2.45) is 10.9 Å². The van der Waals surface area contributed by atoms with E-state index in [4.69, 9.17) is 0 Å². The standard InChI is InChI=1S/C16H34N4O.HI/c1-7-9-10-14(8-2)11-17-16(19-13(3)4)18-12-15(21)20(5)6;/h13-14H,7-12H2,1-6H3,(H2,17,18,19);1H. The first kappa shape index (κ1) is 23.7. The largest absolute Gasteiger partial charge is 0.356 e. The predicted molar refractivity (Wildman–Crippen MR) is 106 cm³/mol. The van der Waals surface area contributed by atoms with Crippen LogP contribution in [-0.4, -0.2) is 50.0 Å². The van der Waals surface area contributed by atoms with E-state index in [1.165, 1.54) is 25.7 Å². The second kappa shape index (κ2) is 14.1. The van der Waals surface area contributed by atoms with E-state index in [-0.39, 0.29) is 36.4 Å². The van der Waals surface area contributed by atoms with Crippen LogP contribution in [0, 0.1) is 5.92 Å². The molecule has 0 aromatic rings. The third kappa shape index (κ3) is 12.1. The minimum Gasteiger partial charge on any atom is -0.356 e. The fraction of sp³-hybridized carbons (Fsp3) is 0.875. The van der Waals surface area contributed by atoms with Crippen molar-refractivity contribution in [1.82, 2.24) is 15.5 Å². The summed E-state index contributed by atoms with van der Waals surface area (Å²) in [5.41, 5.74) is 0. The van der Waals surface area contributed by atoms with Crippen LogP contribution in [0.4, 0.5) is 0 Å². The Morgan fingerprint density at radius 2 is 1.86 bits per heavy atom. The molecule has 0 aromatic heterocycles. The summed E-state index contributed by atoms with van der Waals surface area (Å²) in [4.78, 5) is 17.6. The van der Waals surface area contributed by atoms with Gasteiger partial charge in [0.05, 0.1) is 0 Å². The Morgan fingerprint density at radius 3 is 2.32 bits per heavy atom. The van der Waals surface area contributed by atoms with Gasteiger partial charge in [-0.2, -0.15) is 0 Å². The highest BCUT2D eigenvalue weighted by molar-refractivity contribution is 14.0. The number of halogens is 1. The van der Waals surface area contributed by atoms with Crippen molar-refractivity contribution in [3.05, 3.63) is 0 Å². The van der Waals surface area contributed by atoms with Crippen LogP contribution in [0.1, 0.15) is 53.4 Å². The third-order valence-electron chi connectivity index (χ3n) is 3.40. The molecular formula is C16H35IN4O. The number of nitrogens with one attached hydrogen (secondary N) is 2. The molecular weight excluding hydrogens is 391 g/mol. The van der Waals surface area contributed by atoms with Gasteiger partial charge in [-0.05, 0) is 26.2 Å². The Bertz CT molecular complexity index is 319. The Morgan fingerprint density at radius 1 is 1.23 bits per heavy atom. The van der Waals surface area contributed by atoms with E-state index in [0.717, 1.165) is 12.5 Å². The number of amides is 1. The van der Waals surface area contributed by atoms with E-state index in [1.54, 1.807) is 19.0 Å². The van der Waals surface area contributed by atoms with Crippen LogP contribution in [0.3, 0.4) is 0 Å². The molecule has 0 aliphatic heterocycles. The second-order valence-electron chi connectivity index (χ2n) is 6.05. The van der Waals surface area contributed by atoms with Crippen molar-refractivity contribution in [1.29, 1.82) is 0 Å². The summed E-state index contributed by atoms with van der Waals surface area (Å²) in [5.74, 6) is 1.40. The maximum atomic E-state index is 11.6. The second-order valence-corrected chi connectivity index (χ2v) is 6.05. The Labute approximate surface area is 153 Å². The fourth-order valence-corrected chi connectivity index (χ4v) is 1.90. The highest BCUT2D eigenvalue weighted by Gasteiger charge is 2.09. The van der Waals surface area contributed by atoms with Gasteiger partial charge in [-0.15, -0.1) is 24.0 Å². The third-order valence-corrected chi connectivity index (χ3v) is 3.40. The number of hydrogen-bond acceptors (Lipinski definition) is 2. The number of carbonyl (C=O) groups excluding carboxylic acids is 1. The molecule has 0 bridgehead atoms. The fourth-order valence-electron chi connectivity index (χ4n) is 1.90. The smallest absolute Gasteiger partial charge is 0.243 e. The van der Waals surface area contributed by atoms with E-state index >= 15 is 0 Å². The molecule has 1 atom stereocenters. The highest BCUT2D eigenvalue weighted by atomic mass is 127. The molecule has 2 N–H and O–H groups in total. The van der Waals surface area contributed by atoms with E-state index in [2.05, 4.69) is 43.3 Å². The zero-order valence-electron chi connectivity index (χ0n) is 15.1. The molecule has 0 spiro atoms. The SMILES string of the molecule is CCCCC(CC)CNC(=NCC(=O)N(C)C)NC(C)C.I. The minimum absolute atomic E-state index is 0. The number of hydrogen-bond donors (Lipinski definition) is 2. The summed E-state index contributed by atoms with van der Waals surface area (Å²) < 4.78 is 0. The topological polar surface area (TPSA) is 56.7 Å². The Kier molecular flexibility index (Phi) is 15.2. The van der Waals surface area contributed by atoms with Gasteiger partial charge in [0.25, 0.3) is 0 Å². The first-order chi connectivity index (χ1) is 9.90. The van der Waals surface area contributed by atoms with Crippen LogP contribution in [0.25, 0.3) is 0 Å². The molecule has 1 unspecified atom stereocenters. The van der Waals surface area contributed by atoms with Crippen molar-refractivity contribution < 1.29 is 4.79 Å². The molecule has 5 nitrogen and oxygen atoms in total. The van der Waals surface area contributed by atoms with Crippen LogP contribution in [-0.2, 0) is 4.79 Å². The number of likely N-dealkylation sites (N-methyl/N-ethyl adjacent to an activating group) is 1. The maximum Gasteiger partial charge on any atom is 0.243 e. The summed E-state index contributed by atoms with van der Waals surface area (Å²) >= 11 is 0. The van der Waals surface area contributed by atoms with Crippen LogP contribution < -0.4 is 10.6 Å². The van der Waals surface area contributed by atoms with Gasteiger partial charge in [0, 0.05) is 26.7 Å².